The average molecular weight is 222 g/mol. The Kier molecular flexibility index (Phi) is 2.58. The maximum atomic E-state index is 4.47. The fourth-order valence-corrected chi connectivity index (χ4v) is 1.71. The van der Waals surface area contributed by atoms with Gasteiger partial charge in [0.1, 0.15) is 5.82 Å². The summed E-state index contributed by atoms with van der Waals surface area (Å²) in [4.78, 5) is 3.76. The van der Waals surface area contributed by atoms with E-state index >= 15 is 0 Å². The molecule has 1 atom stereocenters. The van der Waals surface area contributed by atoms with Crippen LogP contribution >= 0.6 is 12.6 Å². The minimum absolute atomic E-state index is 0.521. The second-order valence-corrected chi connectivity index (χ2v) is 4.05. The lowest BCUT2D eigenvalue weighted by Crippen LogP contribution is -2.44. The number of hydrogen-bond donors (Lipinski definition) is 4. The van der Waals surface area contributed by atoms with Crippen molar-refractivity contribution in [3.63, 3.8) is 0 Å². The molecule has 0 spiro atoms. The van der Waals surface area contributed by atoms with Crippen molar-refractivity contribution in [2.45, 2.75) is 4.99 Å². The van der Waals surface area contributed by atoms with E-state index in [4.69, 9.17) is 0 Å². The molecule has 1 unspecified atom stereocenters. The first-order valence-corrected chi connectivity index (χ1v) is 5.19. The van der Waals surface area contributed by atoms with E-state index in [1.807, 2.05) is 32.3 Å². The van der Waals surface area contributed by atoms with Crippen LogP contribution in [0.2, 0.25) is 0 Å². The molecule has 15 heavy (non-hydrogen) atoms. The molecule has 0 bridgehead atoms. The number of thiol groups is 1. The number of rotatable bonds is 2. The van der Waals surface area contributed by atoms with Gasteiger partial charge in [0, 0.05) is 24.5 Å². The second-order valence-electron chi connectivity index (χ2n) is 3.35. The zero-order valence-corrected chi connectivity index (χ0v) is 9.60. The summed E-state index contributed by atoms with van der Waals surface area (Å²) in [6.45, 7) is 0. The molecule has 3 N–H and O–H groups in total. The van der Waals surface area contributed by atoms with Crippen molar-refractivity contribution < 1.29 is 0 Å². The Bertz CT molecular complexity index is 404. The van der Waals surface area contributed by atoms with Crippen molar-refractivity contribution in [3.8, 4) is 0 Å². The number of anilines is 2. The summed E-state index contributed by atoms with van der Waals surface area (Å²) < 4.78 is 0. The Balaban J connectivity index is 2.44. The summed E-state index contributed by atoms with van der Waals surface area (Å²) in [6.07, 6.45) is 5.73. The van der Waals surface area contributed by atoms with E-state index in [9.17, 15) is 0 Å². The van der Waals surface area contributed by atoms with Gasteiger partial charge in [-0.25, -0.2) is 4.98 Å². The predicted octanol–water partition coefficient (Wildman–Crippen LogP) is 1.36. The minimum Gasteiger partial charge on any atom is -0.387 e. The Morgan fingerprint density at radius 2 is 2.27 bits per heavy atom. The van der Waals surface area contributed by atoms with Crippen molar-refractivity contribution in [2.75, 3.05) is 24.7 Å². The summed E-state index contributed by atoms with van der Waals surface area (Å²) in [5, 5.41) is 9.40. The highest BCUT2D eigenvalue weighted by Gasteiger charge is 2.25. The van der Waals surface area contributed by atoms with Gasteiger partial charge in [-0.1, -0.05) is 0 Å². The van der Waals surface area contributed by atoms with E-state index in [0.29, 0.717) is 0 Å². The van der Waals surface area contributed by atoms with Gasteiger partial charge < -0.3 is 10.6 Å². The molecule has 0 saturated carbocycles. The van der Waals surface area contributed by atoms with Crippen molar-refractivity contribution in [1.29, 1.82) is 0 Å². The summed E-state index contributed by atoms with van der Waals surface area (Å²) >= 11 is 4.47. The quantitative estimate of drug-likeness (QED) is 0.451. The largest absolute Gasteiger partial charge is 0.387 e. The molecule has 5 heteroatoms. The Labute approximate surface area is 94.6 Å². The topological polar surface area (TPSA) is 49.0 Å². The first-order chi connectivity index (χ1) is 7.18. The fraction of sp³-hybridized carbons (Fsp3) is 0.300. The molecule has 0 aromatic carbocycles. The highest BCUT2D eigenvalue weighted by molar-refractivity contribution is 7.82. The zero-order valence-electron chi connectivity index (χ0n) is 8.70. The van der Waals surface area contributed by atoms with Crippen LogP contribution in [0.3, 0.4) is 0 Å². The van der Waals surface area contributed by atoms with Crippen LogP contribution in [0.4, 0.5) is 11.5 Å². The first-order valence-electron chi connectivity index (χ1n) is 4.74. The molecule has 0 fully saturated rings. The van der Waals surface area contributed by atoms with Crippen LogP contribution in [0, 0.1) is 0 Å². The van der Waals surface area contributed by atoms with Gasteiger partial charge in [-0.2, -0.15) is 0 Å². The highest BCUT2D eigenvalue weighted by atomic mass is 32.1. The first kappa shape index (κ1) is 10.3. The van der Waals surface area contributed by atoms with Gasteiger partial charge in [0.2, 0.25) is 0 Å². The van der Waals surface area contributed by atoms with Gasteiger partial charge in [0.15, 0.2) is 4.99 Å². The predicted molar refractivity (Wildman–Crippen MR) is 67.2 cm³/mol. The smallest absolute Gasteiger partial charge is 0.154 e. The third-order valence-electron chi connectivity index (χ3n) is 2.44. The molecule has 0 amide bonds. The maximum Gasteiger partial charge on any atom is 0.154 e. The Morgan fingerprint density at radius 3 is 2.93 bits per heavy atom. The fourth-order valence-electron chi connectivity index (χ4n) is 1.53. The van der Waals surface area contributed by atoms with Crippen LogP contribution < -0.4 is 16.0 Å². The van der Waals surface area contributed by atoms with Gasteiger partial charge in [0.05, 0.1) is 0 Å². The Hall–Kier alpha value is -1.20. The van der Waals surface area contributed by atoms with Gasteiger partial charge >= 0.3 is 0 Å². The molecule has 1 aromatic heterocycles. The molecule has 1 aromatic rings. The molecule has 4 nitrogen and oxygen atoms in total. The van der Waals surface area contributed by atoms with Crippen LogP contribution in [-0.4, -0.2) is 24.1 Å². The number of pyridine rings is 1. The van der Waals surface area contributed by atoms with E-state index in [1.165, 1.54) is 0 Å². The molecule has 80 valence electrons. The maximum absolute atomic E-state index is 4.47. The highest BCUT2D eigenvalue weighted by Crippen LogP contribution is 2.31. The van der Waals surface area contributed by atoms with E-state index in [-0.39, 0.29) is 0 Å². The second kappa shape index (κ2) is 3.75. The van der Waals surface area contributed by atoms with Gasteiger partial charge in [-0.15, -0.1) is 12.6 Å². The van der Waals surface area contributed by atoms with E-state index in [2.05, 4.69) is 33.6 Å². The summed E-state index contributed by atoms with van der Waals surface area (Å²) in [6, 6.07) is 1.94. The molecule has 0 saturated heterocycles. The van der Waals surface area contributed by atoms with Crippen LogP contribution in [-0.2, 0) is 0 Å². The van der Waals surface area contributed by atoms with E-state index < -0.39 is 4.99 Å². The number of aromatic nitrogens is 1. The molecule has 1 aliphatic rings. The minimum atomic E-state index is -0.521. The standard InChI is InChI=1S/C10H14N4S/c1-11-8-4-6-13-9-7(8)3-5-10(15,12-2)14-9/h3-6,12,15H,1-2H3,(H2,11,13,14). The lowest BCUT2D eigenvalue weighted by atomic mass is 10.1. The van der Waals surface area contributed by atoms with E-state index in [1.54, 1.807) is 6.20 Å². The molecule has 0 radical (unpaired) electrons. The number of hydrogen-bond acceptors (Lipinski definition) is 5. The van der Waals surface area contributed by atoms with Crippen molar-refractivity contribution >= 4 is 30.2 Å². The molecule has 2 heterocycles. The molecular formula is C10H14N4S. The summed E-state index contributed by atoms with van der Waals surface area (Å²) in [7, 11) is 3.74. The SMILES string of the molecule is CNc1ccnc2c1C=CC(S)(NC)N2. The number of fused-ring (bicyclic) bond motifs is 1. The van der Waals surface area contributed by atoms with Gasteiger partial charge in [-0.3, -0.25) is 5.32 Å². The van der Waals surface area contributed by atoms with Crippen LogP contribution in [0.1, 0.15) is 5.56 Å². The van der Waals surface area contributed by atoms with Gasteiger partial charge in [0.25, 0.3) is 0 Å². The van der Waals surface area contributed by atoms with Crippen LogP contribution in [0.15, 0.2) is 18.3 Å². The zero-order chi connectivity index (χ0) is 10.9. The normalized spacial score (nSPS) is 23.1. The third-order valence-corrected chi connectivity index (χ3v) is 2.93. The lowest BCUT2D eigenvalue weighted by molar-refractivity contribution is 0.686. The Morgan fingerprint density at radius 1 is 1.47 bits per heavy atom. The molecule has 1 aliphatic heterocycles. The number of likely N-dealkylation sites (N-methyl/N-ethyl adjacent to an activating group) is 1. The third kappa shape index (κ3) is 1.80. The molecule has 0 aliphatic carbocycles. The summed E-state index contributed by atoms with van der Waals surface area (Å²) in [5.41, 5.74) is 2.11. The average Bonchev–Trinajstić information content (AvgIpc) is 2.28. The van der Waals surface area contributed by atoms with Crippen LogP contribution in [0.5, 0.6) is 0 Å². The molecular weight excluding hydrogens is 208 g/mol. The molecule has 2 rings (SSSR count). The number of nitrogens with one attached hydrogen (secondary N) is 3. The van der Waals surface area contributed by atoms with Crippen molar-refractivity contribution in [1.82, 2.24) is 10.3 Å². The van der Waals surface area contributed by atoms with Crippen molar-refractivity contribution in [2.24, 2.45) is 0 Å². The number of nitrogens with zero attached hydrogens (tertiary/aromatic N) is 1. The van der Waals surface area contributed by atoms with Gasteiger partial charge in [-0.05, 0) is 25.3 Å². The van der Waals surface area contributed by atoms with Crippen molar-refractivity contribution in [3.05, 3.63) is 23.9 Å². The van der Waals surface area contributed by atoms with Crippen LogP contribution in [0.25, 0.3) is 6.08 Å². The summed E-state index contributed by atoms with van der Waals surface area (Å²) in [5.74, 6) is 0.828. The monoisotopic (exact) mass is 222 g/mol. The van der Waals surface area contributed by atoms with E-state index in [0.717, 1.165) is 17.1 Å². The lowest BCUT2D eigenvalue weighted by Gasteiger charge is -2.31.